The monoisotopic (exact) mass is 600 g/mol. The van der Waals surface area contributed by atoms with Gasteiger partial charge in [-0.1, -0.05) is 146 Å². The van der Waals surface area contributed by atoms with Gasteiger partial charge in [0.05, 0.1) is 11.4 Å². The van der Waals surface area contributed by atoms with E-state index in [0.29, 0.717) is 17.5 Å². The molecular weight excluding hydrogens is 573 g/mol. The smallest absolute Gasteiger partial charge is 0.164 e. The minimum absolute atomic E-state index is 0.650. The van der Waals surface area contributed by atoms with E-state index in [9.17, 15) is 0 Å². The molecule has 0 fully saturated rings. The van der Waals surface area contributed by atoms with Crippen molar-refractivity contribution in [1.82, 2.24) is 15.0 Å². The molecule has 0 N–H and O–H groups in total. The summed E-state index contributed by atoms with van der Waals surface area (Å²) in [5, 5.41) is 2.27. The molecule has 0 atom stereocenters. The summed E-state index contributed by atoms with van der Waals surface area (Å²) in [6.07, 6.45) is 0. The van der Waals surface area contributed by atoms with Gasteiger partial charge in [-0.2, -0.15) is 0 Å². The summed E-state index contributed by atoms with van der Waals surface area (Å²) in [5.74, 6) is 1.95. The third-order valence-corrected chi connectivity index (χ3v) is 8.85. The quantitative estimate of drug-likeness (QED) is 0.197. The van der Waals surface area contributed by atoms with Crippen LogP contribution in [0.2, 0.25) is 0 Å². The highest BCUT2D eigenvalue weighted by Gasteiger charge is 2.29. The average Bonchev–Trinajstić information content (AvgIpc) is 3.16. The first-order chi connectivity index (χ1) is 23.3. The highest BCUT2D eigenvalue weighted by molar-refractivity contribution is 6.18. The predicted octanol–water partition coefficient (Wildman–Crippen LogP) is 11.1. The van der Waals surface area contributed by atoms with E-state index < -0.39 is 0 Å². The van der Waals surface area contributed by atoms with Crippen LogP contribution < -0.4 is 4.90 Å². The van der Waals surface area contributed by atoms with Gasteiger partial charge >= 0.3 is 0 Å². The van der Waals surface area contributed by atoms with Gasteiger partial charge in [0, 0.05) is 38.9 Å². The molecule has 1 aromatic heterocycles. The predicted molar refractivity (Wildman–Crippen MR) is 193 cm³/mol. The van der Waals surface area contributed by atoms with Gasteiger partial charge in [-0.25, -0.2) is 15.0 Å². The Bertz CT molecular complexity index is 2330. The lowest BCUT2D eigenvalue weighted by molar-refractivity contribution is 1.08. The fraction of sp³-hybridized carbons (Fsp3) is 0. The van der Waals surface area contributed by atoms with E-state index in [0.717, 1.165) is 33.5 Å². The van der Waals surface area contributed by atoms with E-state index >= 15 is 0 Å². The van der Waals surface area contributed by atoms with Crippen LogP contribution in [-0.2, 0) is 0 Å². The van der Waals surface area contributed by atoms with Gasteiger partial charge in [0.15, 0.2) is 17.5 Å². The number of anilines is 3. The number of aromatic nitrogens is 3. The maximum absolute atomic E-state index is 5.09. The van der Waals surface area contributed by atoms with E-state index in [1.54, 1.807) is 0 Å². The summed E-state index contributed by atoms with van der Waals surface area (Å²) >= 11 is 0. The van der Waals surface area contributed by atoms with Crippen molar-refractivity contribution in [3.05, 3.63) is 170 Å². The van der Waals surface area contributed by atoms with Crippen molar-refractivity contribution >= 4 is 27.8 Å². The molecule has 7 aromatic carbocycles. The molecule has 0 aliphatic carbocycles. The summed E-state index contributed by atoms with van der Waals surface area (Å²) < 4.78 is 0. The molecule has 2 heterocycles. The minimum atomic E-state index is 0.650. The molecule has 0 saturated carbocycles. The van der Waals surface area contributed by atoms with Crippen LogP contribution in [0.5, 0.6) is 0 Å². The van der Waals surface area contributed by atoms with E-state index in [-0.39, 0.29) is 0 Å². The van der Waals surface area contributed by atoms with Crippen LogP contribution in [-0.4, -0.2) is 15.0 Å². The molecule has 4 heteroatoms. The average molecular weight is 601 g/mol. The lowest BCUT2D eigenvalue weighted by atomic mass is 9.86. The Kier molecular flexibility index (Phi) is 6.43. The molecule has 0 amide bonds. The van der Waals surface area contributed by atoms with Crippen molar-refractivity contribution in [1.29, 1.82) is 0 Å². The topological polar surface area (TPSA) is 41.9 Å². The Morgan fingerprint density at radius 1 is 0.340 bits per heavy atom. The largest absolute Gasteiger partial charge is 0.309 e. The molecule has 8 aromatic rings. The summed E-state index contributed by atoms with van der Waals surface area (Å²) in [6.45, 7) is 0. The van der Waals surface area contributed by atoms with Crippen molar-refractivity contribution in [3.8, 4) is 56.4 Å². The first-order valence-electron chi connectivity index (χ1n) is 15.8. The molecule has 47 heavy (non-hydrogen) atoms. The maximum atomic E-state index is 5.09. The molecule has 220 valence electrons. The third-order valence-electron chi connectivity index (χ3n) is 8.85. The van der Waals surface area contributed by atoms with Crippen LogP contribution in [0.1, 0.15) is 0 Å². The Morgan fingerprint density at radius 3 is 1.49 bits per heavy atom. The summed E-state index contributed by atoms with van der Waals surface area (Å²) in [5.41, 5.74) is 11.0. The Balaban J connectivity index is 1.33. The van der Waals surface area contributed by atoms with Gasteiger partial charge in [0.25, 0.3) is 0 Å². The van der Waals surface area contributed by atoms with Crippen LogP contribution in [0.15, 0.2) is 170 Å². The van der Waals surface area contributed by atoms with E-state index in [4.69, 9.17) is 15.0 Å². The molecule has 0 saturated heterocycles. The second-order valence-electron chi connectivity index (χ2n) is 11.6. The van der Waals surface area contributed by atoms with Crippen molar-refractivity contribution < 1.29 is 0 Å². The van der Waals surface area contributed by atoms with Crippen molar-refractivity contribution in [2.45, 2.75) is 0 Å². The molecule has 0 unspecified atom stereocenters. The molecule has 0 bridgehead atoms. The van der Waals surface area contributed by atoms with Gasteiger partial charge in [-0.05, 0) is 40.8 Å². The van der Waals surface area contributed by atoms with Crippen LogP contribution in [0.3, 0.4) is 0 Å². The highest BCUT2D eigenvalue weighted by Crippen LogP contribution is 2.55. The number of hydrogen-bond donors (Lipinski definition) is 0. The second-order valence-corrected chi connectivity index (χ2v) is 11.6. The Labute approximate surface area is 273 Å². The third kappa shape index (κ3) is 4.58. The van der Waals surface area contributed by atoms with Gasteiger partial charge in [-0.3, -0.25) is 0 Å². The van der Waals surface area contributed by atoms with Gasteiger partial charge in [-0.15, -0.1) is 0 Å². The standard InChI is InChI=1S/C43H28N4/c1-5-15-29(16-6-1)33-23-13-26-36-34-24-14-25-35-37(27-28-38(39(34)35)47(40(33)36)32-21-11-4-12-22-32)43-45-41(30-17-7-2-8-18-30)44-42(46-43)31-19-9-3-10-20-31/h1-28H. The van der Waals surface area contributed by atoms with Crippen LogP contribution in [0.4, 0.5) is 17.1 Å². The molecule has 1 aliphatic heterocycles. The van der Waals surface area contributed by atoms with Gasteiger partial charge < -0.3 is 4.90 Å². The molecular formula is C43H28N4. The first-order valence-corrected chi connectivity index (χ1v) is 15.8. The summed E-state index contributed by atoms with van der Waals surface area (Å²) in [6, 6.07) is 59.2. The fourth-order valence-corrected chi connectivity index (χ4v) is 6.74. The second kappa shape index (κ2) is 11.2. The van der Waals surface area contributed by atoms with Crippen LogP contribution >= 0.6 is 0 Å². The SMILES string of the molecule is c1ccc(-c2nc(-c3ccccc3)nc(-c3ccc4c5c(cccc35)-c3cccc(-c5ccccc5)c3N4c3ccccc3)n2)cc1. The number of nitrogens with zero attached hydrogens (tertiary/aromatic N) is 4. The van der Waals surface area contributed by atoms with Crippen LogP contribution in [0, 0.1) is 0 Å². The highest BCUT2D eigenvalue weighted by atomic mass is 15.2. The number of fused-ring (bicyclic) bond motifs is 2. The molecule has 0 radical (unpaired) electrons. The maximum Gasteiger partial charge on any atom is 0.164 e. The zero-order chi connectivity index (χ0) is 31.2. The molecule has 0 spiro atoms. The number of hydrogen-bond acceptors (Lipinski definition) is 4. The zero-order valence-corrected chi connectivity index (χ0v) is 25.5. The molecule has 9 rings (SSSR count). The lowest BCUT2D eigenvalue weighted by Crippen LogP contribution is -2.16. The molecule has 1 aliphatic rings. The normalized spacial score (nSPS) is 11.8. The summed E-state index contributed by atoms with van der Waals surface area (Å²) in [4.78, 5) is 17.5. The van der Waals surface area contributed by atoms with Crippen molar-refractivity contribution in [3.63, 3.8) is 0 Å². The lowest BCUT2D eigenvalue weighted by Gasteiger charge is -2.35. The van der Waals surface area contributed by atoms with E-state index in [1.807, 2.05) is 60.7 Å². The first kappa shape index (κ1) is 27.0. The number of para-hydroxylation sites is 2. The minimum Gasteiger partial charge on any atom is -0.309 e. The summed E-state index contributed by atoms with van der Waals surface area (Å²) in [7, 11) is 0. The van der Waals surface area contributed by atoms with Crippen LogP contribution in [0.25, 0.3) is 67.2 Å². The van der Waals surface area contributed by atoms with E-state index in [1.165, 1.54) is 33.3 Å². The number of benzene rings is 7. The fourth-order valence-electron chi connectivity index (χ4n) is 6.74. The van der Waals surface area contributed by atoms with Gasteiger partial charge in [0.2, 0.25) is 0 Å². The Hall–Kier alpha value is -6.39. The van der Waals surface area contributed by atoms with Crippen molar-refractivity contribution in [2.75, 3.05) is 4.90 Å². The molecule has 4 nitrogen and oxygen atoms in total. The Morgan fingerprint density at radius 2 is 0.851 bits per heavy atom. The zero-order valence-electron chi connectivity index (χ0n) is 25.5. The van der Waals surface area contributed by atoms with E-state index in [2.05, 4.69) is 114 Å². The number of rotatable bonds is 5. The van der Waals surface area contributed by atoms with Gasteiger partial charge in [0.1, 0.15) is 0 Å². The van der Waals surface area contributed by atoms with Crippen molar-refractivity contribution in [2.24, 2.45) is 0 Å².